The van der Waals surface area contributed by atoms with Crippen LogP contribution in [-0.4, -0.2) is 60.5 Å². The molecule has 0 aromatic heterocycles. The van der Waals surface area contributed by atoms with Crippen LogP contribution in [0.3, 0.4) is 0 Å². The molecule has 0 aromatic carbocycles. The second-order valence-corrected chi connectivity index (χ2v) is 9.58. The van der Waals surface area contributed by atoms with E-state index in [9.17, 15) is 18.7 Å². The van der Waals surface area contributed by atoms with Gasteiger partial charge in [0.05, 0.1) is 13.2 Å². The third-order valence-electron chi connectivity index (χ3n) is 2.98. The van der Waals surface area contributed by atoms with Crippen LogP contribution in [0.25, 0.3) is 0 Å². The summed E-state index contributed by atoms with van der Waals surface area (Å²) in [5.74, 6) is -1.14. The zero-order chi connectivity index (χ0) is 20.4. The van der Waals surface area contributed by atoms with Crippen molar-refractivity contribution in [2.45, 2.75) is 51.7 Å². The maximum atomic E-state index is 11.3. The number of hydrogen-bond acceptors (Lipinski definition) is 8. The molecule has 4 unspecified atom stereocenters. The summed E-state index contributed by atoms with van der Waals surface area (Å²) >= 11 is 0. The minimum atomic E-state index is -3.60. The molecule has 0 saturated heterocycles. The fourth-order valence-corrected chi connectivity index (χ4v) is 3.04. The van der Waals surface area contributed by atoms with E-state index in [2.05, 4.69) is 0 Å². The summed E-state index contributed by atoms with van der Waals surface area (Å²) in [7, 11) is -7.19. The Morgan fingerprint density at radius 1 is 0.808 bits per heavy atom. The number of carbonyl (C=O) groups excluding carboxylic acids is 2. The van der Waals surface area contributed by atoms with Crippen LogP contribution in [0.5, 0.6) is 0 Å². The van der Waals surface area contributed by atoms with Gasteiger partial charge < -0.3 is 28.3 Å². The summed E-state index contributed by atoms with van der Waals surface area (Å²) in [5, 5.41) is 0. The van der Waals surface area contributed by atoms with Crippen molar-refractivity contribution in [3.8, 4) is 0 Å². The van der Waals surface area contributed by atoms with Gasteiger partial charge in [-0.1, -0.05) is 0 Å². The van der Waals surface area contributed by atoms with Crippen LogP contribution in [0.1, 0.15) is 39.5 Å². The van der Waals surface area contributed by atoms with E-state index in [4.69, 9.17) is 28.3 Å². The maximum absolute atomic E-state index is 11.3. The van der Waals surface area contributed by atoms with E-state index in [1.54, 1.807) is 0 Å². The molecule has 0 saturated carbocycles. The van der Waals surface area contributed by atoms with Crippen molar-refractivity contribution in [2.24, 2.45) is 0 Å². The first-order valence-corrected chi connectivity index (χ1v) is 12.1. The first-order chi connectivity index (χ1) is 11.8. The van der Waals surface area contributed by atoms with Gasteiger partial charge in [-0.25, -0.2) is 0 Å². The predicted octanol–water partition coefficient (Wildman–Crippen LogP) is 2.07. The van der Waals surface area contributed by atoms with Crippen LogP contribution in [0.2, 0.25) is 0 Å². The van der Waals surface area contributed by atoms with E-state index in [1.165, 1.54) is 13.8 Å². The van der Waals surface area contributed by atoms with E-state index in [-0.39, 0.29) is 26.1 Å². The zero-order valence-corrected chi connectivity index (χ0v) is 17.2. The van der Waals surface area contributed by atoms with Crippen LogP contribution in [-0.2, 0) is 37.2 Å². The number of ether oxygens (including phenoxy) is 2. The average molecular weight is 418 g/mol. The second-order valence-electron chi connectivity index (χ2n) is 5.85. The normalized spacial score (nSPS) is 18.2. The van der Waals surface area contributed by atoms with Crippen molar-refractivity contribution in [3.63, 3.8) is 0 Å². The highest BCUT2D eigenvalue weighted by Crippen LogP contribution is 2.37. The van der Waals surface area contributed by atoms with Crippen molar-refractivity contribution in [1.29, 1.82) is 0 Å². The standard InChI is InChI=1S/C14H28O10P2/c1-11(15)23-13(7-5-9-21-25(3,17)18)14(24-12(2)16)8-6-10-22-26(4,19)20/h13-14H,5-10H2,1-4H3,(H,17,18)(H,19,20). The molecule has 154 valence electrons. The number of esters is 2. The van der Waals surface area contributed by atoms with E-state index in [0.717, 1.165) is 13.3 Å². The smallest absolute Gasteiger partial charge is 0.325 e. The Bertz CT molecular complexity index is 490. The SMILES string of the molecule is CC(=O)OC(CCCOP(C)(=O)O)C(CCCOP(C)(=O)O)OC(C)=O. The minimum absolute atomic E-state index is 0.0263. The zero-order valence-electron chi connectivity index (χ0n) is 15.5. The lowest BCUT2D eigenvalue weighted by Gasteiger charge is -2.26. The molecule has 0 aliphatic rings. The van der Waals surface area contributed by atoms with Crippen LogP contribution in [0, 0.1) is 0 Å². The van der Waals surface area contributed by atoms with Crippen molar-refractivity contribution in [2.75, 3.05) is 26.5 Å². The number of hydrogen-bond donors (Lipinski definition) is 2. The molecule has 0 bridgehead atoms. The van der Waals surface area contributed by atoms with Gasteiger partial charge in [0.1, 0.15) is 12.2 Å². The Kier molecular flexibility index (Phi) is 11.5. The van der Waals surface area contributed by atoms with E-state index < -0.39 is 39.3 Å². The number of carbonyl (C=O) groups is 2. The lowest BCUT2D eigenvalue weighted by molar-refractivity contribution is -0.166. The van der Waals surface area contributed by atoms with Gasteiger partial charge in [0, 0.05) is 27.2 Å². The molecule has 12 heteroatoms. The summed E-state index contributed by atoms with van der Waals surface area (Å²) in [6.07, 6.45) is -0.485. The van der Waals surface area contributed by atoms with Gasteiger partial charge >= 0.3 is 27.1 Å². The highest BCUT2D eigenvalue weighted by molar-refractivity contribution is 7.52. The highest BCUT2D eigenvalue weighted by Gasteiger charge is 2.27. The lowest BCUT2D eigenvalue weighted by Crippen LogP contribution is -2.35. The predicted molar refractivity (Wildman–Crippen MR) is 93.0 cm³/mol. The molecule has 0 radical (unpaired) electrons. The molecule has 0 aliphatic carbocycles. The Balaban J connectivity index is 4.76. The quantitative estimate of drug-likeness (QED) is 0.259. The molecule has 0 heterocycles. The summed E-state index contributed by atoms with van der Waals surface area (Å²) < 4.78 is 42.1. The Hall–Kier alpha value is -0.760. The van der Waals surface area contributed by atoms with Crippen LogP contribution >= 0.6 is 15.2 Å². The fourth-order valence-electron chi connectivity index (χ4n) is 2.10. The first kappa shape index (κ1) is 25.2. The molecular formula is C14H28O10P2. The molecule has 2 N–H and O–H groups in total. The summed E-state index contributed by atoms with van der Waals surface area (Å²) in [4.78, 5) is 40.8. The van der Waals surface area contributed by atoms with Crippen LogP contribution in [0.4, 0.5) is 0 Å². The molecule has 10 nitrogen and oxygen atoms in total. The summed E-state index contributed by atoms with van der Waals surface area (Å²) in [6.45, 7) is 4.50. The van der Waals surface area contributed by atoms with Gasteiger partial charge in [0.15, 0.2) is 0 Å². The minimum Gasteiger partial charge on any atom is -0.459 e. The van der Waals surface area contributed by atoms with Crippen LogP contribution in [0.15, 0.2) is 0 Å². The van der Waals surface area contributed by atoms with Gasteiger partial charge in [-0.15, -0.1) is 0 Å². The van der Waals surface area contributed by atoms with Crippen molar-refractivity contribution >= 4 is 27.1 Å². The van der Waals surface area contributed by atoms with E-state index in [1.807, 2.05) is 0 Å². The van der Waals surface area contributed by atoms with Crippen molar-refractivity contribution < 1.29 is 47.0 Å². The van der Waals surface area contributed by atoms with Crippen molar-refractivity contribution in [1.82, 2.24) is 0 Å². The molecule has 26 heavy (non-hydrogen) atoms. The monoisotopic (exact) mass is 418 g/mol. The second kappa shape index (κ2) is 11.8. The Morgan fingerprint density at radius 3 is 1.35 bits per heavy atom. The van der Waals surface area contributed by atoms with Gasteiger partial charge in [-0.2, -0.15) is 0 Å². The van der Waals surface area contributed by atoms with Gasteiger partial charge in [0.25, 0.3) is 0 Å². The van der Waals surface area contributed by atoms with Gasteiger partial charge in [0.2, 0.25) is 0 Å². The molecular weight excluding hydrogens is 390 g/mol. The molecule has 0 rings (SSSR count). The van der Waals surface area contributed by atoms with Gasteiger partial charge in [-0.3, -0.25) is 18.7 Å². The topological polar surface area (TPSA) is 146 Å². The van der Waals surface area contributed by atoms with Crippen molar-refractivity contribution in [3.05, 3.63) is 0 Å². The molecule has 4 atom stereocenters. The first-order valence-electron chi connectivity index (χ1n) is 8.04. The average Bonchev–Trinajstić information content (AvgIpc) is 2.42. The van der Waals surface area contributed by atoms with Gasteiger partial charge in [-0.05, 0) is 25.7 Å². The molecule has 0 amide bonds. The van der Waals surface area contributed by atoms with E-state index in [0.29, 0.717) is 12.8 Å². The largest absolute Gasteiger partial charge is 0.459 e. The third kappa shape index (κ3) is 15.5. The maximum Gasteiger partial charge on any atom is 0.325 e. The number of rotatable bonds is 13. The Morgan fingerprint density at radius 2 is 1.12 bits per heavy atom. The van der Waals surface area contributed by atoms with E-state index >= 15 is 0 Å². The molecule has 0 aromatic rings. The van der Waals surface area contributed by atoms with Crippen LogP contribution < -0.4 is 0 Å². The molecule has 0 fully saturated rings. The summed E-state index contributed by atoms with van der Waals surface area (Å²) in [5.41, 5.74) is 0. The molecule has 0 aliphatic heterocycles. The molecule has 0 spiro atoms. The third-order valence-corrected chi connectivity index (χ3v) is 4.30. The highest BCUT2D eigenvalue weighted by atomic mass is 31.2. The lowest BCUT2D eigenvalue weighted by atomic mass is 10.0. The Labute approximate surface area is 153 Å². The fraction of sp³-hybridized carbons (Fsp3) is 0.857. The summed E-state index contributed by atoms with van der Waals surface area (Å²) in [6, 6.07) is 0.